The Balaban J connectivity index is 1.33. The lowest BCUT2D eigenvalue weighted by atomic mass is 10.1. The molecule has 0 bridgehead atoms. The van der Waals surface area contributed by atoms with Gasteiger partial charge in [-0.25, -0.2) is 18.1 Å². The minimum Gasteiger partial charge on any atom is -0.489 e. The lowest BCUT2D eigenvalue weighted by Crippen LogP contribution is -2.29. The van der Waals surface area contributed by atoms with Crippen LogP contribution in [0.15, 0.2) is 66.9 Å². The van der Waals surface area contributed by atoms with Crippen molar-refractivity contribution in [1.29, 1.82) is 0 Å². The van der Waals surface area contributed by atoms with Gasteiger partial charge < -0.3 is 9.47 Å². The molecular weight excluding hydrogens is 452 g/mol. The standard InChI is InChI=1S/C26H28N2O5S/c1-34(30,31)28-26(29)21-11-9-20(10-12-21)17-32-24-8-4-7-22(15-24)23-13-14-25(27-16-23)33-18-19-5-2-3-6-19/h4,7-16,19H,2-3,5-6,17-18H2,1H3,(H,28,29). The van der Waals surface area contributed by atoms with Crippen molar-refractivity contribution in [2.24, 2.45) is 5.92 Å². The number of hydrogen-bond donors (Lipinski definition) is 1. The Labute approximate surface area is 200 Å². The van der Waals surface area contributed by atoms with Gasteiger partial charge in [0.25, 0.3) is 5.91 Å². The van der Waals surface area contributed by atoms with E-state index >= 15 is 0 Å². The van der Waals surface area contributed by atoms with Crippen molar-refractivity contribution in [2.45, 2.75) is 32.3 Å². The van der Waals surface area contributed by atoms with E-state index < -0.39 is 15.9 Å². The largest absolute Gasteiger partial charge is 0.489 e. The third kappa shape index (κ3) is 6.81. The minimum atomic E-state index is -3.60. The predicted octanol–water partition coefficient (Wildman–Crippen LogP) is 4.59. The first kappa shape index (κ1) is 23.8. The van der Waals surface area contributed by atoms with E-state index in [2.05, 4.69) is 4.98 Å². The Morgan fingerprint density at radius 2 is 1.76 bits per heavy atom. The number of pyridine rings is 1. The number of carbonyl (C=O) groups excluding carboxylic acids is 1. The number of aromatic nitrogens is 1. The second-order valence-electron chi connectivity index (χ2n) is 8.56. The maximum atomic E-state index is 11.9. The summed E-state index contributed by atoms with van der Waals surface area (Å²) in [6.45, 7) is 1.04. The van der Waals surface area contributed by atoms with Gasteiger partial charge in [-0.05, 0) is 60.2 Å². The molecule has 1 N–H and O–H groups in total. The first-order valence-electron chi connectivity index (χ1n) is 11.3. The normalized spacial score (nSPS) is 14.0. The number of ether oxygens (including phenoxy) is 2. The Morgan fingerprint density at radius 3 is 2.44 bits per heavy atom. The number of benzene rings is 2. The van der Waals surface area contributed by atoms with Crippen LogP contribution in [0.2, 0.25) is 0 Å². The Kier molecular flexibility index (Phi) is 7.47. The van der Waals surface area contributed by atoms with E-state index in [1.54, 1.807) is 24.3 Å². The maximum Gasteiger partial charge on any atom is 0.264 e. The maximum absolute atomic E-state index is 11.9. The van der Waals surface area contributed by atoms with E-state index in [-0.39, 0.29) is 5.56 Å². The molecule has 0 spiro atoms. The number of hydrogen-bond acceptors (Lipinski definition) is 6. The fraction of sp³-hybridized carbons (Fsp3) is 0.308. The van der Waals surface area contributed by atoms with Gasteiger partial charge in [0.05, 0.1) is 12.9 Å². The molecule has 8 heteroatoms. The zero-order chi connectivity index (χ0) is 24.0. The SMILES string of the molecule is CS(=O)(=O)NC(=O)c1ccc(COc2cccc(-c3ccc(OCC4CCCC4)nc3)c2)cc1. The molecule has 0 radical (unpaired) electrons. The van der Waals surface area contributed by atoms with E-state index in [4.69, 9.17) is 9.47 Å². The number of amides is 1. The molecule has 34 heavy (non-hydrogen) atoms. The molecular formula is C26H28N2O5S. The van der Waals surface area contributed by atoms with Crippen molar-refractivity contribution in [3.8, 4) is 22.8 Å². The summed E-state index contributed by atoms with van der Waals surface area (Å²) >= 11 is 0. The average Bonchev–Trinajstić information content (AvgIpc) is 3.35. The number of nitrogens with zero attached hydrogens (tertiary/aromatic N) is 1. The molecule has 1 aromatic heterocycles. The van der Waals surface area contributed by atoms with Gasteiger partial charge in [-0.1, -0.05) is 37.1 Å². The highest BCUT2D eigenvalue weighted by atomic mass is 32.2. The van der Waals surface area contributed by atoms with Crippen LogP contribution in [-0.4, -0.2) is 32.2 Å². The summed E-state index contributed by atoms with van der Waals surface area (Å²) in [4.78, 5) is 16.4. The Morgan fingerprint density at radius 1 is 1.00 bits per heavy atom. The van der Waals surface area contributed by atoms with Crippen LogP contribution in [-0.2, 0) is 16.6 Å². The quantitative estimate of drug-likeness (QED) is 0.482. The molecule has 1 aliphatic carbocycles. The summed E-state index contributed by atoms with van der Waals surface area (Å²) in [5.41, 5.74) is 3.08. The first-order valence-corrected chi connectivity index (χ1v) is 13.2. The molecule has 2 aromatic carbocycles. The zero-order valence-electron chi connectivity index (χ0n) is 19.1. The monoisotopic (exact) mass is 480 g/mol. The highest BCUT2D eigenvalue weighted by Gasteiger charge is 2.16. The second-order valence-corrected chi connectivity index (χ2v) is 10.3. The van der Waals surface area contributed by atoms with Crippen LogP contribution in [0.25, 0.3) is 11.1 Å². The van der Waals surface area contributed by atoms with E-state index in [1.165, 1.54) is 25.7 Å². The number of carbonyl (C=O) groups is 1. The molecule has 1 aliphatic rings. The molecule has 0 atom stereocenters. The van der Waals surface area contributed by atoms with Crippen molar-refractivity contribution in [3.63, 3.8) is 0 Å². The van der Waals surface area contributed by atoms with E-state index in [0.29, 0.717) is 24.2 Å². The van der Waals surface area contributed by atoms with Gasteiger partial charge in [-0.3, -0.25) is 4.79 Å². The van der Waals surface area contributed by atoms with Crippen molar-refractivity contribution >= 4 is 15.9 Å². The van der Waals surface area contributed by atoms with Gasteiger partial charge in [0, 0.05) is 23.4 Å². The molecule has 4 rings (SSSR count). The summed E-state index contributed by atoms with van der Waals surface area (Å²) in [5, 5.41) is 0. The smallest absolute Gasteiger partial charge is 0.264 e. The summed E-state index contributed by atoms with van der Waals surface area (Å²) in [5.74, 6) is 1.34. The number of sulfonamides is 1. The van der Waals surface area contributed by atoms with Crippen LogP contribution in [0.1, 0.15) is 41.6 Å². The molecule has 0 aliphatic heterocycles. The van der Waals surface area contributed by atoms with Crippen LogP contribution >= 0.6 is 0 Å². The molecule has 7 nitrogen and oxygen atoms in total. The third-order valence-electron chi connectivity index (χ3n) is 5.75. The highest BCUT2D eigenvalue weighted by molar-refractivity contribution is 7.89. The topological polar surface area (TPSA) is 94.6 Å². The van der Waals surface area contributed by atoms with Gasteiger partial charge in [-0.2, -0.15) is 0 Å². The van der Waals surface area contributed by atoms with Gasteiger partial charge in [0.2, 0.25) is 15.9 Å². The molecule has 0 saturated heterocycles. The van der Waals surface area contributed by atoms with Gasteiger partial charge in [0.1, 0.15) is 12.4 Å². The molecule has 3 aromatic rings. The molecule has 1 fully saturated rings. The van der Waals surface area contributed by atoms with Crippen molar-refractivity contribution in [1.82, 2.24) is 9.71 Å². The first-order chi connectivity index (χ1) is 16.4. The van der Waals surface area contributed by atoms with Gasteiger partial charge in [-0.15, -0.1) is 0 Å². The van der Waals surface area contributed by atoms with Gasteiger partial charge in [0.15, 0.2) is 0 Å². The summed E-state index contributed by atoms with van der Waals surface area (Å²) in [6.07, 6.45) is 7.83. The van der Waals surface area contributed by atoms with E-state index in [0.717, 1.165) is 29.6 Å². The highest BCUT2D eigenvalue weighted by Crippen LogP contribution is 2.27. The van der Waals surface area contributed by atoms with Crippen LogP contribution in [0.4, 0.5) is 0 Å². The van der Waals surface area contributed by atoms with E-state index in [9.17, 15) is 13.2 Å². The van der Waals surface area contributed by atoms with Crippen LogP contribution < -0.4 is 14.2 Å². The minimum absolute atomic E-state index is 0.263. The van der Waals surface area contributed by atoms with Crippen molar-refractivity contribution < 1.29 is 22.7 Å². The average molecular weight is 481 g/mol. The van der Waals surface area contributed by atoms with Crippen LogP contribution in [0, 0.1) is 5.92 Å². The summed E-state index contributed by atoms with van der Waals surface area (Å²) in [7, 11) is -3.60. The number of nitrogens with one attached hydrogen (secondary N) is 1. The Hall–Kier alpha value is -3.39. The molecule has 1 amide bonds. The summed E-state index contributed by atoms with van der Waals surface area (Å²) < 4.78 is 36.1. The molecule has 178 valence electrons. The summed E-state index contributed by atoms with van der Waals surface area (Å²) in [6, 6.07) is 18.2. The third-order valence-corrected chi connectivity index (χ3v) is 6.30. The molecule has 1 saturated carbocycles. The second kappa shape index (κ2) is 10.7. The molecule has 1 heterocycles. The fourth-order valence-electron chi connectivity index (χ4n) is 3.93. The van der Waals surface area contributed by atoms with Crippen LogP contribution in [0.5, 0.6) is 11.6 Å². The van der Waals surface area contributed by atoms with E-state index in [1.807, 2.05) is 47.3 Å². The zero-order valence-corrected chi connectivity index (χ0v) is 19.9. The fourth-order valence-corrected chi connectivity index (χ4v) is 4.38. The van der Waals surface area contributed by atoms with Gasteiger partial charge >= 0.3 is 0 Å². The lowest BCUT2D eigenvalue weighted by Gasteiger charge is -2.11. The Bertz CT molecular complexity index is 1220. The van der Waals surface area contributed by atoms with Crippen molar-refractivity contribution in [3.05, 3.63) is 78.0 Å². The molecule has 0 unspecified atom stereocenters. The number of rotatable bonds is 9. The lowest BCUT2D eigenvalue weighted by molar-refractivity contribution is 0.0981. The predicted molar refractivity (Wildman–Crippen MR) is 130 cm³/mol. The van der Waals surface area contributed by atoms with Crippen LogP contribution in [0.3, 0.4) is 0 Å². The van der Waals surface area contributed by atoms with Crippen molar-refractivity contribution in [2.75, 3.05) is 12.9 Å².